The molecule has 1 heteroatoms. The van der Waals surface area contributed by atoms with E-state index in [-0.39, 0.29) is 6.04 Å². The van der Waals surface area contributed by atoms with Crippen molar-refractivity contribution in [1.29, 1.82) is 0 Å². The van der Waals surface area contributed by atoms with Crippen LogP contribution in [0.25, 0.3) is 0 Å². The van der Waals surface area contributed by atoms with Crippen molar-refractivity contribution >= 4 is 0 Å². The molecule has 2 rings (SSSR count). The Morgan fingerprint density at radius 1 is 1.46 bits per heavy atom. The summed E-state index contributed by atoms with van der Waals surface area (Å²) in [5.41, 5.74) is 8.67. The second-order valence-electron chi connectivity index (χ2n) is 4.20. The van der Waals surface area contributed by atoms with Gasteiger partial charge in [-0.3, -0.25) is 0 Å². The lowest BCUT2D eigenvalue weighted by Gasteiger charge is -2.06. The zero-order chi connectivity index (χ0) is 9.26. The van der Waals surface area contributed by atoms with E-state index < -0.39 is 0 Å². The molecular formula is C12H17N. The Hall–Kier alpha value is -0.820. The minimum Gasteiger partial charge on any atom is -0.328 e. The molecule has 1 aliphatic carbocycles. The Bertz CT molecular complexity index is 287. The average Bonchev–Trinajstić information content (AvgIpc) is 2.85. The second kappa shape index (κ2) is 3.51. The lowest BCUT2D eigenvalue weighted by Crippen LogP contribution is -2.17. The molecule has 0 saturated heterocycles. The molecule has 1 saturated carbocycles. The molecule has 13 heavy (non-hydrogen) atoms. The van der Waals surface area contributed by atoms with E-state index >= 15 is 0 Å². The van der Waals surface area contributed by atoms with Crippen LogP contribution in [0, 0.1) is 0 Å². The SMILES string of the molecule is C[C@@H](N)Cc1cccc(C2CC2)c1. The number of hydrogen-bond donors (Lipinski definition) is 1. The van der Waals surface area contributed by atoms with E-state index in [2.05, 4.69) is 31.2 Å². The largest absolute Gasteiger partial charge is 0.328 e. The zero-order valence-corrected chi connectivity index (χ0v) is 8.16. The van der Waals surface area contributed by atoms with E-state index in [1.807, 2.05) is 0 Å². The van der Waals surface area contributed by atoms with Gasteiger partial charge in [0.2, 0.25) is 0 Å². The van der Waals surface area contributed by atoms with Crippen LogP contribution in [0.5, 0.6) is 0 Å². The van der Waals surface area contributed by atoms with Gasteiger partial charge in [0.1, 0.15) is 0 Å². The molecular weight excluding hydrogens is 158 g/mol. The van der Waals surface area contributed by atoms with Gasteiger partial charge in [-0.15, -0.1) is 0 Å². The van der Waals surface area contributed by atoms with Crippen LogP contribution in [0.2, 0.25) is 0 Å². The highest BCUT2D eigenvalue weighted by Gasteiger charge is 2.23. The maximum atomic E-state index is 5.77. The summed E-state index contributed by atoms with van der Waals surface area (Å²) in [5.74, 6) is 0.855. The van der Waals surface area contributed by atoms with Crippen LogP contribution in [0.4, 0.5) is 0 Å². The first-order chi connectivity index (χ1) is 6.25. The van der Waals surface area contributed by atoms with Gasteiger partial charge in [-0.1, -0.05) is 24.3 Å². The molecule has 0 aliphatic heterocycles. The van der Waals surface area contributed by atoms with Crippen molar-refractivity contribution in [3.63, 3.8) is 0 Å². The summed E-state index contributed by atoms with van der Waals surface area (Å²) in [6.45, 7) is 2.06. The van der Waals surface area contributed by atoms with Crippen LogP contribution in [0.1, 0.15) is 36.8 Å². The molecule has 0 spiro atoms. The summed E-state index contributed by atoms with van der Waals surface area (Å²) in [7, 11) is 0. The fourth-order valence-electron chi connectivity index (χ4n) is 1.76. The van der Waals surface area contributed by atoms with Gasteiger partial charge in [-0.05, 0) is 43.2 Å². The van der Waals surface area contributed by atoms with Gasteiger partial charge in [0.25, 0.3) is 0 Å². The quantitative estimate of drug-likeness (QED) is 0.750. The molecule has 1 aromatic rings. The summed E-state index contributed by atoms with van der Waals surface area (Å²) >= 11 is 0. The first kappa shape index (κ1) is 8.76. The summed E-state index contributed by atoms with van der Waals surface area (Å²) in [6, 6.07) is 9.17. The monoisotopic (exact) mass is 175 g/mol. The predicted octanol–water partition coefficient (Wildman–Crippen LogP) is 2.45. The Kier molecular flexibility index (Phi) is 2.36. The minimum absolute atomic E-state index is 0.273. The van der Waals surface area contributed by atoms with Crippen LogP contribution in [-0.4, -0.2) is 6.04 Å². The first-order valence-electron chi connectivity index (χ1n) is 5.10. The maximum absolute atomic E-state index is 5.77. The van der Waals surface area contributed by atoms with E-state index in [4.69, 9.17) is 5.73 Å². The Morgan fingerprint density at radius 2 is 2.23 bits per heavy atom. The van der Waals surface area contributed by atoms with E-state index in [1.54, 1.807) is 0 Å². The third-order valence-electron chi connectivity index (χ3n) is 2.56. The molecule has 2 N–H and O–H groups in total. The van der Waals surface area contributed by atoms with Crippen molar-refractivity contribution in [2.45, 2.75) is 38.1 Å². The molecule has 1 atom stereocenters. The second-order valence-corrected chi connectivity index (χ2v) is 4.20. The summed E-state index contributed by atoms with van der Waals surface area (Å²) < 4.78 is 0. The van der Waals surface area contributed by atoms with Gasteiger partial charge < -0.3 is 5.73 Å². The lowest BCUT2D eigenvalue weighted by molar-refractivity contribution is 0.737. The molecule has 0 unspecified atom stereocenters. The molecule has 1 nitrogen and oxygen atoms in total. The highest BCUT2D eigenvalue weighted by atomic mass is 14.6. The Labute approximate surface area is 80.0 Å². The summed E-state index contributed by atoms with van der Waals surface area (Å²) in [6.07, 6.45) is 3.75. The summed E-state index contributed by atoms with van der Waals surface area (Å²) in [5, 5.41) is 0. The van der Waals surface area contributed by atoms with Crippen molar-refractivity contribution < 1.29 is 0 Å². The molecule has 0 aromatic heterocycles. The van der Waals surface area contributed by atoms with Crippen molar-refractivity contribution in [2.75, 3.05) is 0 Å². The summed E-state index contributed by atoms with van der Waals surface area (Å²) in [4.78, 5) is 0. The first-order valence-corrected chi connectivity index (χ1v) is 5.10. The fourth-order valence-corrected chi connectivity index (χ4v) is 1.76. The molecule has 1 aromatic carbocycles. The van der Waals surface area contributed by atoms with Crippen molar-refractivity contribution in [3.8, 4) is 0 Å². The third-order valence-corrected chi connectivity index (χ3v) is 2.56. The van der Waals surface area contributed by atoms with Crippen LogP contribution >= 0.6 is 0 Å². The molecule has 0 radical (unpaired) electrons. The number of benzene rings is 1. The molecule has 1 fully saturated rings. The maximum Gasteiger partial charge on any atom is 0.00509 e. The van der Waals surface area contributed by atoms with Crippen molar-refractivity contribution in [1.82, 2.24) is 0 Å². The number of rotatable bonds is 3. The number of hydrogen-bond acceptors (Lipinski definition) is 1. The molecule has 70 valence electrons. The predicted molar refractivity (Wildman–Crippen MR) is 55.8 cm³/mol. The van der Waals surface area contributed by atoms with Crippen LogP contribution in [-0.2, 0) is 6.42 Å². The normalized spacial score (nSPS) is 18.6. The molecule has 0 amide bonds. The third kappa shape index (κ3) is 2.31. The van der Waals surface area contributed by atoms with Gasteiger partial charge in [0, 0.05) is 6.04 Å². The topological polar surface area (TPSA) is 26.0 Å². The highest BCUT2D eigenvalue weighted by Crippen LogP contribution is 2.40. The van der Waals surface area contributed by atoms with Gasteiger partial charge in [-0.2, -0.15) is 0 Å². The van der Waals surface area contributed by atoms with E-state index in [1.165, 1.54) is 24.0 Å². The molecule has 0 heterocycles. The van der Waals surface area contributed by atoms with Crippen molar-refractivity contribution in [3.05, 3.63) is 35.4 Å². The van der Waals surface area contributed by atoms with Crippen LogP contribution < -0.4 is 5.73 Å². The van der Waals surface area contributed by atoms with E-state index in [9.17, 15) is 0 Å². The molecule has 1 aliphatic rings. The van der Waals surface area contributed by atoms with E-state index in [0.29, 0.717) is 0 Å². The minimum atomic E-state index is 0.273. The van der Waals surface area contributed by atoms with Gasteiger partial charge in [0.05, 0.1) is 0 Å². The van der Waals surface area contributed by atoms with Crippen LogP contribution in [0.3, 0.4) is 0 Å². The van der Waals surface area contributed by atoms with Gasteiger partial charge in [-0.25, -0.2) is 0 Å². The highest BCUT2D eigenvalue weighted by molar-refractivity contribution is 5.29. The zero-order valence-electron chi connectivity index (χ0n) is 8.16. The smallest absolute Gasteiger partial charge is 0.00509 e. The molecule has 0 bridgehead atoms. The number of nitrogens with two attached hydrogens (primary N) is 1. The van der Waals surface area contributed by atoms with Gasteiger partial charge >= 0.3 is 0 Å². The lowest BCUT2D eigenvalue weighted by atomic mass is 10.0. The Balaban J connectivity index is 2.12. The Morgan fingerprint density at radius 3 is 2.85 bits per heavy atom. The van der Waals surface area contributed by atoms with Crippen molar-refractivity contribution in [2.24, 2.45) is 5.73 Å². The van der Waals surface area contributed by atoms with Gasteiger partial charge in [0.15, 0.2) is 0 Å². The standard InChI is InChI=1S/C12H17N/c1-9(13)7-10-3-2-4-12(8-10)11-5-6-11/h2-4,8-9,11H,5-7,13H2,1H3/t9-/m1/s1. The fraction of sp³-hybridized carbons (Fsp3) is 0.500. The van der Waals surface area contributed by atoms with Crippen LogP contribution in [0.15, 0.2) is 24.3 Å². The average molecular weight is 175 g/mol. The van der Waals surface area contributed by atoms with E-state index in [0.717, 1.165) is 12.3 Å².